The zero-order valence-electron chi connectivity index (χ0n) is 16.9. The Balaban J connectivity index is 2.14. The Kier molecular flexibility index (Phi) is 7.95. The van der Waals surface area contributed by atoms with Crippen molar-refractivity contribution in [2.24, 2.45) is 5.92 Å². The molecule has 0 saturated carbocycles. The van der Waals surface area contributed by atoms with Gasteiger partial charge in [-0.2, -0.15) is 0 Å². The molecule has 1 unspecified atom stereocenters. The van der Waals surface area contributed by atoms with E-state index in [4.69, 9.17) is 9.47 Å². The predicted molar refractivity (Wildman–Crippen MR) is 105 cm³/mol. The fourth-order valence-corrected chi connectivity index (χ4v) is 3.34. The van der Waals surface area contributed by atoms with E-state index >= 15 is 0 Å². The zero-order valence-corrected chi connectivity index (χ0v) is 16.9. The molecule has 1 aliphatic heterocycles. The van der Waals surface area contributed by atoms with Crippen molar-refractivity contribution in [2.45, 2.75) is 52.0 Å². The number of rotatable bonds is 6. The first-order valence-electron chi connectivity index (χ1n) is 9.79. The van der Waals surface area contributed by atoms with Gasteiger partial charge in [0.15, 0.2) is 0 Å². The van der Waals surface area contributed by atoms with Gasteiger partial charge in [0.2, 0.25) is 5.91 Å². The monoisotopic (exact) mass is 376 g/mol. The van der Waals surface area contributed by atoms with Crippen LogP contribution in [0.2, 0.25) is 0 Å². The quantitative estimate of drug-likeness (QED) is 0.827. The Bertz CT molecular complexity index is 615. The summed E-state index contributed by atoms with van der Waals surface area (Å²) in [6, 6.07) is 4.46. The lowest BCUT2D eigenvalue weighted by Crippen LogP contribution is -2.51. The highest BCUT2D eigenvalue weighted by molar-refractivity contribution is 5.98. The van der Waals surface area contributed by atoms with E-state index < -0.39 is 6.04 Å². The van der Waals surface area contributed by atoms with Crippen LogP contribution in [0.1, 0.15) is 56.3 Å². The van der Waals surface area contributed by atoms with E-state index in [0.717, 1.165) is 38.8 Å². The second-order valence-electron chi connectivity index (χ2n) is 7.39. The number of amides is 2. The summed E-state index contributed by atoms with van der Waals surface area (Å²) >= 11 is 0. The van der Waals surface area contributed by atoms with E-state index in [1.54, 1.807) is 32.4 Å². The van der Waals surface area contributed by atoms with Crippen LogP contribution in [-0.4, -0.2) is 50.1 Å². The molecule has 1 atom stereocenters. The van der Waals surface area contributed by atoms with Crippen molar-refractivity contribution in [2.75, 3.05) is 27.3 Å². The zero-order chi connectivity index (χ0) is 19.8. The molecule has 0 spiro atoms. The van der Waals surface area contributed by atoms with Crippen LogP contribution >= 0.6 is 0 Å². The van der Waals surface area contributed by atoms with Gasteiger partial charge in [0.05, 0.1) is 14.2 Å². The van der Waals surface area contributed by atoms with E-state index in [1.165, 1.54) is 6.42 Å². The lowest BCUT2D eigenvalue weighted by molar-refractivity contribution is -0.134. The average molecular weight is 376 g/mol. The molecular formula is C21H32N2O4. The van der Waals surface area contributed by atoms with Crippen molar-refractivity contribution in [1.29, 1.82) is 0 Å². The van der Waals surface area contributed by atoms with Gasteiger partial charge < -0.3 is 19.7 Å². The van der Waals surface area contributed by atoms with Gasteiger partial charge in [0.25, 0.3) is 5.91 Å². The molecule has 0 bridgehead atoms. The first kappa shape index (κ1) is 21.1. The van der Waals surface area contributed by atoms with Gasteiger partial charge in [-0.3, -0.25) is 9.59 Å². The number of carbonyl (C=O) groups excluding carboxylic acids is 2. The van der Waals surface area contributed by atoms with Crippen LogP contribution in [0.25, 0.3) is 0 Å². The molecule has 27 heavy (non-hydrogen) atoms. The fourth-order valence-electron chi connectivity index (χ4n) is 3.34. The number of hydrogen-bond acceptors (Lipinski definition) is 4. The third kappa shape index (κ3) is 5.88. The summed E-state index contributed by atoms with van der Waals surface area (Å²) in [7, 11) is 3.08. The summed E-state index contributed by atoms with van der Waals surface area (Å²) in [5.41, 5.74) is 0.414. The van der Waals surface area contributed by atoms with Crippen LogP contribution in [0.15, 0.2) is 18.2 Å². The number of hydrogen-bond donors (Lipinski definition) is 1. The molecule has 1 aromatic rings. The highest BCUT2D eigenvalue weighted by Crippen LogP contribution is 2.23. The standard InChI is InChI=1S/C21H32N2O4/c1-15(2)19(21(25)23-10-8-6-5-7-9-11-23)22-20(24)16-12-17(26-3)14-18(13-16)27-4/h12-15,19H,5-11H2,1-4H3,(H,22,24). The maximum atomic E-state index is 13.1. The van der Waals surface area contributed by atoms with E-state index in [1.807, 2.05) is 18.7 Å². The van der Waals surface area contributed by atoms with Crippen molar-refractivity contribution in [3.8, 4) is 11.5 Å². The number of likely N-dealkylation sites (tertiary alicyclic amines) is 1. The summed E-state index contributed by atoms with van der Waals surface area (Å²) in [6.45, 7) is 5.45. The van der Waals surface area contributed by atoms with Crippen LogP contribution < -0.4 is 14.8 Å². The van der Waals surface area contributed by atoms with Crippen molar-refractivity contribution >= 4 is 11.8 Å². The topological polar surface area (TPSA) is 67.9 Å². The first-order chi connectivity index (χ1) is 13.0. The van der Waals surface area contributed by atoms with Gasteiger partial charge in [0, 0.05) is 24.7 Å². The lowest BCUT2D eigenvalue weighted by Gasteiger charge is -2.31. The van der Waals surface area contributed by atoms with Crippen LogP contribution in [0.5, 0.6) is 11.5 Å². The molecule has 1 heterocycles. The highest BCUT2D eigenvalue weighted by Gasteiger charge is 2.29. The summed E-state index contributed by atoms with van der Waals surface area (Å²) < 4.78 is 10.5. The Morgan fingerprint density at radius 3 is 1.93 bits per heavy atom. The van der Waals surface area contributed by atoms with Gasteiger partial charge in [0.1, 0.15) is 17.5 Å². The summed E-state index contributed by atoms with van der Waals surface area (Å²) in [5, 5.41) is 2.93. The molecule has 1 aliphatic rings. The molecule has 0 aliphatic carbocycles. The average Bonchev–Trinajstić information content (AvgIpc) is 2.64. The Morgan fingerprint density at radius 2 is 1.44 bits per heavy atom. The van der Waals surface area contributed by atoms with Crippen LogP contribution in [0.4, 0.5) is 0 Å². The second kappa shape index (κ2) is 10.2. The van der Waals surface area contributed by atoms with E-state index in [-0.39, 0.29) is 17.7 Å². The summed E-state index contributed by atoms with van der Waals surface area (Å²) in [6.07, 6.45) is 5.61. The fraction of sp³-hybridized carbons (Fsp3) is 0.619. The van der Waals surface area contributed by atoms with Crippen molar-refractivity contribution in [1.82, 2.24) is 10.2 Å². The number of ether oxygens (including phenoxy) is 2. The molecule has 2 rings (SSSR count). The summed E-state index contributed by atoms with van der Waals surface area (Å²) in [4.78, 5) is 27.8. The van der Waals surface area contributed by atoms with Crippen LogP contribution in [-0.2, 0) is 4.79 Å². The molecule has 1 aromatic carbocycles. The van der Waals surface area contributed by atoms with Gasteiger partial charge in [-0.1, -0.05) is 33.1 Å². The number of nitrogens with one attached hydrogen (secondary N) is 1. The van der Waals surface area contributed by atoms with Crippen LogP contribution in [0.3, 0.4) is 0 Å². The minimum absolute atomic E-state index is 0.000561. The predicted octanol–water partition coefficient (Wildman–Crippen LogP) is 3.25. The third-order valence-electron chi connectivity index (χ3n) is 5.00. The molecule has 0 radical (unpaired) electrons. The Labute approximate surface area is 162 Å². The molecule has 150 valence electrons. The number of carbonyl (C=O) groups is 2. The molecule has 6 nitrogen and oxygen atoms in total. The van der Waals surface area contributed by atoms with E-state index in [9.17, 15) is 9.59 Å². The van der Waals surface area contributed by atoms with Gasteiger partial charge in [-0.25, -0.2) is 0 Å². The molecule has 1 N–H and O–H groups in total. The smallest absolute Gasteiger partial charge is 0.252 e. The minimum Gasteiger partial charge on any atom is -0.497 e. The maximum Gasteiger partial charge on any atom is 0.252 e. The molecule has 2 amide bonds. The third-order valence-corrected chi connectivity index (χ3v) is 5.00. The van der Waals surface area contributed by atoms with Crippen molar-refractivity contribution < 1.29 is 19.1 Å². The maximum absolute atomic E-state index is 13.1. The van der Waals surface area contributed by atoms with E-state index in [2.05, 4.69) is 5.32 Å². The number of benzene rings is 1. The van der Waals surface area contributed by atoms with Crippen LogP contribution in [0, 0.1) is 5.92 Å². The number of methoxy groups -OCH3 is 2. The first-order valence-corrected chi connectivity index (χ1v) is 9.79. The minimum atomic E-state index is -0.547. The van der Waals surface area contributed by atoms with Gasteiger partial charge in [-0.15, -0.1) is 0 Å². The second-order valence-corrected chi connectivity index (χ2v) is 7.39. The summed E-state index contributed by atoms with van der Waals surface area (Å²) in [5.74, 6) is 0.784. The molecule has 0 aromatic heterocycles. The largest absolute Gasteiger partial charge is 0.497 e. The van der Waals surface area contributed by atoms with Crippen molar-refractivity contribution in [3.63, 3.8) is 0 Å². The molecule has 1 fully saturated rings. The Morgan fingerprint density at radius 1 is 0.926 bits per heavy atom. The van der Waals surface area contributed by atoms with Crippen molar-refractivity contribution in [3.05, 3.63) is 23.8 Å². The molecule has 6 heteroatoms. The number of nitrogens with zero attached hydrogens (tertiary/aromatic N) is 1. The Hall–Kier alpha value is -2.24. The SMILES string of the molecule is COc1cc(OC)cc(C(=O)NC(C(=O)N2CCCCCCC2)C(C)C)c1. The normalized spacial score (nSPS) is 16.3. The lowest BCUT2D eigenvalue weighted by atomic mass is 10.0. The molecule has 1 saturated heterocycles. The highest BCUT2D eigenvalue weighted by atomic mass is 16.5. The van der Waals surface area contributed by atoms with Gasteiger partial charge >= 0.3 is 0 Å². The van der Waals surface area contributed by atoms with Gasteiger partial charge in [-0.05, 0) is 30.9 Å². The molecular weight excluding hydrogens is 344 g/mol. The van der Waals surface area contributed by atoms with E-state index in [0.29, 0.717) is 17.1 Å².